The molecule has 1 fully saturated rings. The third-order valence-electron chi connectivity index (χ3n) is 4.55. The Kier molecular flexibility index (Phi) is 6.70. The van der Waals surface area contributed by atoms with Crippen molar-refractivity contribution in [2.24, 2.45) is 0 Å². The molecule has 9 heteroatoms. The maximum Gasteiger partial charge on any atom is 0.320 e. The fraction of sp³-hybridized carbons (Fsp3) is 0.765. The topological polar surface area (TPSA) is 107 Å². The van der Waals surface area contributed by atoms with Crippen LogP contribution in [0.1, 0.15) is 39.0 Å². The van der Waals surface area contributed by atoms with Gasteiger partial charge in [0.1, 0.15) is 11.9 Å². The van der Waals surface area contributed by atoms with Gasteiger partial charge in [-0.15, -0.1) is 0 Å². The summed E-state index contributed by atoms with van der Waals surface area (Å²) < 4.78 is 16.8. The van der Waals surface area contributed by atoms with Gasteiger partial charge in [-0.25, -0.2) is 0 Å². The minimum atomic E-state index is -0.310. The van der Waals surface area contributed by atoms with Gasteiger partial charge in [0.05, 0.1) is 6.61 Å². The predicted molar refractivity (Wildman–Crippen MR) is 100 cm³/mol. The third-order valence-corrected chi connectivity index (χ3v) is 4.55. The lowest BCUT2D eigenvalue weighted by Crippen LogP contribution is -2.39. The Morgan fingerprint density at radius 2 is 2.27 bits per heavy atom. The molecular weight excluding hydrogens is 336 g/mol. The van der Waals surface area contributed by atoms with Crippen molar-refractivity contribution in [3.8, 4) is 6.01 Å². The van der Waals surface area contributed by atoms with Gasteiger partial charge in [-0.1, -0.05) is 13.3 Å². The zero-order valence-corrected chi connectivity index (χ0v) is 15.7. The van der Waals surface area contributed by atoms with E-state index in [0.29, 0.717) is 24.1 Å². The number of nitrogen functional groups attached to an aromatic ring is 1. The van der Waals surface area contributed by atoms with Crippen LogP contribution >= 0.6 is 0 Å². The molecule has 2 atom stereocenters. The fourth-order valence-electron chi connectivity index (χ4n) is 3.14. The van der Waals surface area contributed by atoms with Gasteiger partial charge in [-0.3, -0.25) is 5.32 Å². The maximum atomic E-state index is 6.09. The predicted octanol–water partition coefficient (Wildman–Crippen LogP) is 1.52. The molecule has 2 aliphatic rings. The number of aromatic nitrogens is 2. The molecule has 0 radical (unpaired) electrons. The molecule has 1 aromatic rings. The number of hydrogen-bond acceptors (Lipinski definition) is 9. The Balaban J connectivity index is 1.61. The number of methoxy groups -OCH3 is 1. The standard InChI is InChI=1S/C17H30N6O3/c1-3-4-10-26-16-21-14(18)13-15(22-16)23(17(20-13)24-2)9-6-8-19-12-7-5-11-25-12/h12,17,19-20H,3-11H2,1-2H3,(H2,18,21,22). The number of hydrogen-bond donors (Lipinski definition) is 3. The number of nitrogens with zero attached hydrogens (tertiary/aromatic N) is 3. The normalized spacial score (nSPS) is 21.7. The van der Waals surface area contributed by atoms with Crippen LogP contribution in [0.5, 0.6) is 6.01 Å². The van der Waals surface area contributed by atoms with Crippen molar-refractivity contribution in [3.63, 3.8) is 0 Å². The minimum Gasteiger partial charge on any atom is -0.463 e. The fourth-order valence-corrected chi connectivity index (χ4v) is 3.14. The van der Waals surface area contributed by atoms with Crippen LogP contribution in [0.15, 0.2) is 0 Å². The second kappa shape index (κ2) is 9.20. The molecule has 0 bridgehead atoms. The molecule has 0 amide bonds. The van der Waals surface area contributed by atoms with Crippen molar-refractivity contribution in [2.45, 2.75) is 51.6 Å². The van der Waals surface area contributed by atoms with Crippen molar-refractivity contribution in [2.75, 3.05) is 49.4 Å². The first kappa shape index (κ1) is 18.9. The monoisotopic (exact) mass is 366 g/mol. The van der Waals surface area contributed by atoms with E-state index < -0.39 is 0 Å². The molecule has 0 saturated carbocycles. The molecule has 4 N–H and O–H groups in total. The minimum absolute atomic E-state index is 0.189. The molecule has 3 heterocycles. The van der Waals surface area contributed by atoms with E-state index in [1.807, 2.05) is 0 Å². The summed E-state index contributed by atoms with van der Waals surface area (Å²) in [5.74, 6) is 1.11. The zero-order valence-electron chi connectivity index (χ0n) is 15.7. The largest absolute Gasteiger partial charge is 0.463 e. The van der Waals surface area contributed by atoms with Crippen LogP contribution in [0.25, 0.3) is 0 Å². The van der Waals surface area contributed by atoms with Crippen molar-refractivity contribution >= 4 is 17.3 Å². The summed E-state index contributed by atoms with van der Waals surface area (Å²) in [6.07, 6.45) is 5.02. The third kappa shape index (κ3) is 4.46. The van der Waals surface area contributed by atoms with Crippen molar-refractivity contribution in [3.05, 3.63) is 0 Å². The summed E-state index contributed by atoms with van der Waals surface area (Å²) in [7, 11) is 1.66. The van der Waals surface area contributed by atoms with E-state index in [1.165, 1.54) is 0 Å². The number of fused-ring (bicyclic) bond motifs is 1. The molecule has 0 aromatic carbocycles. The van der Waals surface area contributed by atoms with Gasteiger partial charge in [0, 0.05) is 20.3 Å². The Morgan fingerprint density at radius 3 is 3.00 bits per heavy atom. The smallest absolute Gasteiger partial charge is 0.320 e. The molecule has 146 valence electrons. The first-order valence-electron chi connectivity index (χ1n) is 9.44. The Hall–Kier alpha value is -1.84. The van der Waals surface area contributed by atoms with Crippen molar-refractivity contribution in [1.29, 1.82) is 0 Å². The highest BCUT2D eigenvalue weighted by Gasteiger charge is 2.33. The molecule has 0 spiro atoms. The highest BCUT2D eigenvalue weighted by atomic mass is 16.5. The second-order valence-corrected chi connectivity index (χ2v) is 6.53. The van der Waals surface area contributed by atoms with Crippen LogP contribution in [0.3, 0.4) is 0 Å². The van der Waals surface area contributed by atoms with Gasteiger partial charge in [0.2, 0.25) is 6.35 Å². The summed E-state index contributed by atoms with van der Waals surface area (Å²) in [6.45, 7) is 5.18. The summed E-state index contributed by atoms with van der Waals surface area (Å²) in [5, 5.41) is 6.66. The SMILES string of the molecule is CCCCOc1nc(N)c2c(n1)N(CCCNC1CCCO1)C(OC)N2. The zero-order chi connectivity index (χ0) is 18.4. The first-order valence-corrected chi connectivity index (χ1v) is 9.44. The van der Waals surface area contributed by atoms with Crippen LogP contribution in [0.4, 0.5) is 17.3 Å². The molecular formula is C17H30N6O3. The van der Waals surface area contributed by atoms with E-state index >= 15 is 0 Å². The van der Waals surface area contributed by atoms with Gasteiger partial charge >= 0.3 is 6.01 Å². The van der Waals surface area contributed by atoms with E-state index in [0.717, 1.165) is 57.6 Å². The molecule has 2 aliphatic heterocycles. The average molecular weight is 366 g/mol. The number of unbranched alkanes of at least 4 members (excludes halogenated alkanes) is 1. The van der Waals surface area contributed by atoms with E-state index in [-0.39, 0.29) is 12.6 Å². The van der Waals surface area contributed by atoms with Crippen molar-refractivity contribution < 1.29 is 14.2 Å². The lowest BCUT2D eigenvalue weighted by molar-refractivity contribution is 0.0838. The molecule has 2 unspecified atom stereocenters. The van der Waals surface area contributed by atoms with E-state index in [1.54, 1.807) is 7.11 Å². The van der Waals surface area contributed by atoms with Gasteiger partial charge in [-0.05, 0) is 32.2 Å². The number of nitrogens with one attached hydrogen (secondary N) is 2. The lowest BCUT2D eigenvalue weighted by Gasteiger charge is -2.24. The van der Waals surface area contributed by atoms with Crippen LogP contribution in [-0.2, 0) is 9.47 Å². The van der Waals surface area contributed by atoms with Gasteiger partial charge in [-0.2, -0.15) is 9.97 Å². The van der Waals surface area contributed by atoms with Crippen LogP contribution in [0, 0.1) is 0 Å². The quantitative estimate of drug-likeness (QED) is 0.531. The molecule has 0 aliphatic carbocycles. The molecule has 9 nitrogen and oxygen atoms in total. The van der Waals surface area contributed by atoms with Gasteiger partial charge in [0.15, 0.2) is 11.6 Å². The van der Waals surface area contributed by atoms with Crippen LogP contribution in [0.2, 0.25) is 0 Å². The summed E-state index contributed by atoms with van der Waals surface area (Å²) in [5.41, 5.74) is 6.79. The average Bonchev–Trinajstić information content (AvgIpc) is 3.27. The van der Waals surface area contributed by atoms with Crippen molar-refractivity contribution in [1.82, 2.24) is 15.3 Å². The highest BCUT2D eigenvalue weighted by molar-refractivity contribution is 5.81. The Bertz CT molecular complexity index is 582. The van der Waals surface area contributed by atoms with E-state index in [9.17, 15) is 0 Å². The van der Waals surface area contributed by atoms with Crippen LogP contribution in [-0.4, -0.2) is 56.0 Å². The summed E-state index contributed by atoms with van der Waals surface area (Å²) in [6, 6.07) is 0.315. The summed E-state index contributed by atoms with van der Waals surface area (Å²) in [4.78, 5) is 10.8. The number of ether oxygens (including phenoxy) is 3. The molecule has 3 rings (SSSR count). The lowest BCUT2D eigenvalue weighted by atomic mass is 10.3. The number of nitrogens with two attached hydrogens (primary N) is 1. The van der Waals surface area contributed by atoms with Gasteiger partial charge in [0.25, 0.3) is 0 Å². The molecule has 26 heavy (non-hydrogen) atoms. The highest BCUT2D eigenvalue weighted by Crippen LogP contribution is 2.37. The molecule has 1 saturated heterocycles. The van der Waals surface area contributed by atoms with E-state index in [4.69, 9.17) is 19.9 Å². The van der Waals surface area contributed by atoms with E-state index in [2.05, 4.69) is 32.4 Å². The maximum absolute atomic E-state index is 6.09. The summed E-state index contributed by atoms with van der Waals surface area (Å²) >= 11 is 0. The first-order chi connectivity index (χ1) is 12.7. The number of anilines is 3. The molecule has 1 aromatic heterocycles. The number of rotatable bonds is 10. The van der Waals surface area contributed by atoms with Gasteiger partial charge < -0.3 is 30.2 Å². The Labute approximate surface area is 154 Å². The second-order valence-electron chi connectivity index (χ2n) is 6.53. The Morgan fingerprint density at radius 1 is 1.38 bits per heavy atom. The van der Waals surface area contributed by atoms with Crippen LogP contribution < -0.4 is 26.0 Å².